The number of nitrogens with one attached hydrogen (secondary N) is 1. The third kappa shape index (κ3) is 3.80. The average Bonchev–Trinajstić information content (AvgIpc) is 2.90. The van der Waals surface area contributed by atoms with Gasteiger partial charge in [0, 0.05) is 10.5 Å². The van der Waals surface area contributed by atoms with Crippen molar-refractivity contribution in [3.8, 4) is 0 Å². The molecule has 0 saturated heterocycles. The number of benzene rings is 1. The van der Waals surface area contributed by atoms with Gasteiger partial charge in [-0.3, -0.25) is 0 Å². The zero-order valence-electron chi connectivity index (χ0n) is 11.1. The summed E-state index contributed by atoms with van der Waals surface area (Å²) in [6.45, 7) is 0. The number of rotatable bonds is 5. The van der Waals surface area contributed by atoms with E-state index in [0.717, 1.165) is 17.3 Å². The fourth-order valence-electron chi connectivity index (χ4n) is 2.79. The van der Waals surface area contributed by atoms with Crippen molar-refractivity contribution in [3.63, 3.8) is 0 Å². The van der Waals surface area contributed by atoms with Gasteiger partial charge in [0.05, 0.1) is 10.6 Å². The molecule has 1 aliphatic rings. The zero-order valence-corrected chi connectivity index (χ0v) is 13.5. The van der Waals surface area contributed by atoms with Gasteiger partial charge in [0.25, 0.3) is 0 Å². The molecule has 0 aromatic heterocycles. The Balaban J connectivity index is 2.13. The minimum absolute atomic E-state index is 0.0659. The van der Waals surface area contributed by atoms with Crippen LogP contribution in [0.15, 0.2) is 33.6 Å². The predicted molar refractivity (Wildman–Crippen MR) is 81.0 cm³/mol. The summed E-state index contributed by atoms with van der Waals surface area (Å²) in [5.74, 6) is 0.686. The van der Waals surface area contributed by atoms with Crippen LogP contribution in [0, 0.1) is 5.92 Å². The van der Waals surface area contributed by atoms with Gasteiger partial charge in [-0.2, -0.15) is 0 Å². The van der Waals surface area contributed by atoms with E-state index in [4.69, 9.17) is 0 Å². The lowest BCUT2D eigenvalue weighted by Gasteiger charge is -2.22. The van der Waals surface area contributed by atoms with Crippen LogP contribution in [-0.2, 0) is 9.84 Å². The lowest BCUT2D eigenvalue weighted by atomic mass is 10.0. The van der Waals surface area contributed by atoms with E-state index in [9.17, 15) is 8.42 Å². The third-order valence-corrected chi connectivity index (χ3v) is 6.23. The van der Waals surface area contributed by atoms with E-state index in [1.807, 2.05) is 7.05 Å². The minimum Gasteiger partial charge on any atom is -0.316 e. The van der Waals surface area contributed by atoms with Crippen molar-refractivity contribution >= 4 is 25.8 Å². The first-order valence-electron chi connectivity index (χ1n) is 6.68. The standard InChI is InChI=1S/C14H20BrNO2S/c1-16-14(11-4-2-3-5-11)10-19(17,18)13-8-6-12(15)7-9-13/h6-9,11,14,16H,2-5,10H2,1H3. The van der Waals surface area contributed by atoms with E-state index in [-0.39, 0.29) is 11.8 Å². The Labute approximate surface area is 123 Å². The molecule has 0 radical (unpaired) electrons. The van der Waals surface area contributed by atoms with Gasteiger partial charge in [-0.25, -0.2) is 8.42 Å². The molecule has 1 atom stereocenters. The Kier molecular flexibility index (Phi) is 5.03. The summed E-state index contributed by atoms with van der Waals surface area (Å²) in [6.07, 6.45) is 4.73. The molecule has 3 nitrogen and oxygen atoms in total. The van der Waals surface area contributed by atoms with Crippen LogP contribution < -0.4 is 5.32 Å². The SMILES string of the molecule is CNC(CS(=O)(=O)c1ccc(Br)cc1)C1CCCC1. The molecule has 1 fully saturated rings. The topological polar surface area (TPSA) is 46.2 Å². The second-order valence-corrected chi connectivity index (χ2v) is 8.12. The Hall–Kier alpha value is -0.390. The van der Waals surface area contributed by atoms with Crippen LogP contribution in [0.1, 0.15) is 25.7 Å². The minimum atomic E-state index is -3.21. The molecule has 0 bridgehead atoms. The molecule has 19 heavy (non-hydrogen) atoms. The molecule has 2 rings (SSSR count). The van der Waals surface area contributed by atoms with E-state index in [2.05, 4.69) is 21.2 Å². The Morgan fingerprint density at radius 2 is 1.84 bits per heavy atom. The molecule has 1 saturated carbocycles. The van der Waals surface area contributed by atoms with Crippen LogP contribution in [-0.4, -0.2) is 27.3 Å². The quantitative estimate of drug-likeness (QED) is 0.892. The van der Waals surface area contributed by atoms with Crippen molar-refractivity contribution in [1.82, 2.24) is 5.32 Å². The average molecular weight is 346 g/mol. The van der Waals surface area contributed by atoms with E-state index in [1.54, 1.807) is 24.3 Å². The molecule has 1 unspecified atom stereocenters. The zero-order chi connectivity index (χ0) is 13.9. The maximum Gasteiger partial charge on any atom is 0.179 e. The van der Waals surface area contributed by atoms with Gasteiger partial charge >= 0.3 is 0 Å². The van der Waals surface area contributed by atoms with Crippen LogP contribution in [0.4, 0.5) is 0 Å². The molecular weight excluding hydrogens is 326 g/mol. The van der Waals surface area contributed by atoms with Crippen LogP contribution >= 0.6 is 15.9 Å². The smallest absolute Gasteiger partial charge is 0.179 e. The first-order valence-corrected chi connectivity index (χ1v) is 9.13. The fourth-order valence-corrected chi connectivity index (χ4v) is 4.71. The molecule has 0 aliphatic heterocycles. The number of hydrogen-bond acceptors (Lipinski definition) is 3. The van der Waals surface area contributed by atoms with Crippen LogP contribution in [0.5, 0.6) is 0 Å². The summed E-state index contributed by atoms with van der Waals surface area (Å²) >= 11 is 3.32. The molecule has 5 heteroatoms. The van der Waals surface area contributed by atoms with E-state index < -0.39 is 9.84 Å². The van der Waals surface area contributed by atoms with Gasteiger partial charge in [0.2, 0.25) is 0 Å². The van der Waals surface area contributed by atoms with Crippen molar-refractivity contribution in [2.45, 2.75) is 36.6 Å². The van der Waals surface area contributed by atoms with Crippen molar-refractivity contribution < 1.29 is 8.42 Å². The first kappa shape index (κ1) is 15.0. The van der Waals surface area contributed by atoms with Crippen molar-refractivity contribution in [2.24, 2.45) is 5.92 Å². The highest BCUT2D eigenvalue weighted by molar-refractivity contribution is 9.10. The molecule has 106 valence electrons. The number of hydrogen-bond donors (Lipinski definition) is 1. The predicted octanol–water partition coefficient (Wildman–Crippen LogP) is 3.00. The third-order valence-electron chi connectivity index (χ3n) is 3.91. The summed E-state index contributed by atoms with van der Waals surface area (Å²) in [5.41, 5.74) is 0. The van der Waals surface area contributed by atoms with Crippen molar-refractivity contribution in [2.75, 3.05) is 12.8 Å². The van der Waals surface area contributed by atoms with E-state index in [0.29, 0.717) is 10.8 Å². The molecule has 0 spiro atoms. The highest BCUT2D eigenvalue weighted by Gasteiger charge is 2.28. The highest BCUT2D eigenvalue weighted by atomic mass is 79.9. The highest BCUT2D eigenvalue weighted by Crippen LogP contribution is 2.29. The van der Waals surface area contributed by atoms with E-state index >= 15 is 0 Å². The monoisotopic (exact) mass is 345 g/mol. The molecule has 1 aliphatic carbocycles. The van der Waals surface area contributed by atoms with Crippen LogP contribution in [0.25, 0.3) is 0 Å². The number of sulfone groups is 1. The van der Waals surface area contributed by atoms with Crippen LogP contribution in [0.3, 0.4) is 0 Å². The lowest BCUT2D eigenvalue weighted by Crippen LogP contribution is -2.38. The largest absolute Gasteiger partial charge is 0.316 e. The maximum atomic E-state index is 12.4. The number of halogens is 1. The fraction of sp³-hybridized carbons (Fsp3) is 0.571. The lowest BCUT2D eigenvalue weighted by molar-refractivity contribution is 0.404. The maximum absolute atomic E-state index is 12.4. The molecule has 0 heterocycles. The van der Waals surface area contributed by atoms with Gasteiger partial charge in [-0.05, 0) is 50.1 Å². The van der Waals surface area contributed by atoms with Gasteiger partial charge in [0.15, 0.2) is 9.84 Å². The van der Waals surface area contributed by atoms with Gasteiger partial charge < -0.3 is 5.32 Å². The van der Waals surface area contributed by atoms with Crippen LogP contribution in [0.2, 0.25) is 0 Å². The summed E-state index contributed by atoms with van der Waals surface area (Å²) in [7, 11) is -1.35. The Morgan fingerprint density at radius 3 is 2.37 bits per heavy atom. The van der Waals surface area contributed by atoms with Crippen molar-refractivity contribution in [1.29, 1.82) is 0 Å². The summed E-state index contributed by atoms with van der Waals surface area (Å²) in [6, 6.07) is 6.95. The summed E-state index contributed by atoms with van der Waals surface area (Å²) < 4.78 is 25.7. The van der Waals surface area contributed by atoms with Gasteiger partial charge in [-0.15, -0.1) is 0 Å². The normalized spacial score (nSPS) is 18.6. The summed E-state index contributed by atoms with van der Waals surface area (Å²) in [5, 5.41) is 3.19. The molecule has 1 N–H and O–H groups in total. The summed E-state index contributed by atoms with van der Waals surface area (Å²) in [4.78, 5) is 0.411. The molecule has 1 aromatic carbocycles. The second kappa shape index (κ2) is 6.37. The second-order valence-electron chi connectivity index (χ2n) is 5.18. The molecular formula is C14H20BrNO2S. The Morgan fingerprint density at radius 1 is 1.26 bits per heavy atom. The first-order chi connectivity index (χ1) is 9.03. The van der Waals surface area contributed by atoms with Gasteiger partial charge in [-0.1, -0.05) is 28.8 Å². The molecule has 0 amide bonds. The van der Waals surface area contributed by atoms with Gasteiger partial charge in [0.1, 0.15) is 0 Å². The van der Waals surface area contributed by atoms with Crippen molar-refractivity contribution in [3.05, 3.63) is 28.7 Å². The van der Waals surface area contributed by atoms with E-state index in [1.165, 1.54) is 12.8 Å². The molecule has 1 aromatic rings. The Bertz CT molecular complexity index is 507.